The van der Waals surface area contributed by atoms with E-state index in [1.54, 1.807) is 0 Å². The molecule has 18 heavy (non-hydrogen) atoms. The summed E-state index contributed by atoms with van der Waals surface area (Å²) in [6.45, 7) is 15.1. The third-order valence-corrected chi connectivity index (χ3v) is 2.59. The van der Waals surface area contributed by atoms with Gasteiger partial charge in [-0.05, 0) is 12.5 Å². The number of nitrogens with zero attached hydrogens (tertiary/aromatic N) is 1. The van der Waals surface area contributed by atoms with E-state index in [1.807, 2.05) is 27.7 Å². The molecule has 0 unspecified atom stereocenters. The highest BCUT2D eigenvalue weighted by Gasteiger charge is 2.10. The van der Waals surface area contributed by atoms with E-state index >= 15 is 0 Å². The molecule has 1 aromatic rings. The minimum absolute atomic E-state index is 0.881. The Bertz CT molecular complexity index is 293. The summed E-state index contributed by atoms with van der Waals surface area (Å²) in [5.74, 6) is 0. The van der Waals surface area contributed by atoms with E-state index < -0.39 is 0 Å². The number of benzene rings is 1. The lowest BCUT2D eigenvalue weighted by molar-refractivity contribution is 0.0342. The van der Waals surface area contributed by atoms with Gasteiger partial charge in [-0.15, -0.1) is 0 Å². The van der Waals surface area contributed by atoms with Crippen LogP contribution >= 0.6 is 0 Å². The quantitative estimate of drug-likeness (QED) is 0.791. The highest BCUT2D eigenvalue weighted by molar-refractivity contribution is 5.22. The fourth-order valence-corrected chi connectivity index (χ4v) is 1.83. The molecule has 1 saturated heterocycles. The smallest absolute Gasteiger partial charge is 0.0594 e. The molecule has 0 radical (unpaired) electrons. The zero-order valence-corrected chi connectivity index (χ0v) is 12.7. The summed E-state index contributed by atoms with van der Waals surface area (Å²) in [7, 11) is 0. The number of morpholine rings is 1. The van der Waals surface area contributed by atoms with Gasteiger partial charge in [0.15, 0.2) is 0 Å². The van der Waals surface area contributed by atoms with E-state index in [0.29, 0.717) is 0 Å². The minimum atomic E-state index is 0.881. The Kier molecular flexibility index (Phi) is 10.7. The van der Waals surface area contributed by atoms with Crippen molar-refractivity contribution in [2.45, 2.75) is 41.2 Å². The number of rotatable bonds is 2. The molecule has 0 N–H and O–H groups in total. The molecule has 1 heterocycles. The van der Waals surface area contributed by atoms with Crippen LogP contribution in [0.1, 0.15) is 38.8 Å². The minimum Gasteiger partial charge on any atom is -0.379 e. The summed E-state index contributed by atoms with van der Waals surface area (Å²) in [6.07, 6.45) is 0. The van der Waals surface area contributed by atoms with E-state index in [-0.39, 0.29) is 0 Å². The van der Waals surface area contributed by atoms with Crippen LogP contribution in [-0.2, 0) is 11.3 Å². The topological polar surface area (TPSA) is 12.5 Å². The summed E-state index contributed by atoms with van der Waals surface area (Å²) < 4.78 is 5.32. The van der Waals surface area contributed by atoms with Crippen molar-refractivity contribution in [1.82, 2.24) is 4.90 Å². The van der Waals surface area contributed by atoms with Crippen LogP contribution in [0.25, 0.3) is 0 Å². The second-order valence-corrected chi connectivity index (χ2v) is 3.88. The zero-order chi connectivity index (χ0) is 13.8. The fraction of sp³-hybridized carbons (Fsp3) is 0.625. The average molecular weight is 251 g/mol. The first-order chi connectivity index (χ1) is 8.84. The normalized spacial score (nSPS) is 14.9. The summed E-state index contributed by atoms with van der Waals surface area (Å²) in [5.41, 5.74) is 2.75. The summed E-state index contributed by atoms with van der Waals surface area (Å²) >= 11 is 0. The van der Waals surface area contributed by atoms with E-state index in [2.05, 4.69) is 36.1 Å². The van der Waals surface area contributed by atoms with Crippen LogP contribution in [-0.4, -0.2) is 31.2 Å². The summed E-state index contributed by atoms with van der Waals surface area (Å²) in [5, 5.41) is 0. The van der Waals surface area contributed by atoms with Gasteiger partial charge < -0.3 is 4.74 Å². The molecule has 0 amide bonds. The van der Waals surface area contributed by atoms with Gasteiger partial charge in [-0.1, -0.05) is 57.5 Å². The second kappa shape index (κ2) is 11.2. The van der Waals surface area contributed by atoms with Crippen LogP contribution in [0.15, 0.2) is 24.3 Å². The maximum Gasteiger partial charge on any atom is 0.0594 e. The molecular formula is C16H29NO. The van der Waals surface area contributed by atoms with Crippen LogP contribution in [0, 0.1) is 6.92 Å². The molecule has 1 aliphatic heterocycles. The van der Waals surface area contributed by atoms with Crippen molar-refractivity contribution in [3.8, 4) is 0 Å². The maximum atomic E-state index is 5.32. The Hall–Kier alpha value is -0.860. The molecule has 2 heteroatoms. The van der Waals surface area contributed by atoms with Crippen LogP contribution in [0.3, 0.4) is 0 Å². The van der Waals surface area contributed by atoms with Gasteiger partial charge in [-0.3, -0.25) is 4.90 Å². The molecule has 2 nitrogen and oxygen atoms in total. The van der Waals surface area contributed by atoms with Crippen molar-refractivity contribution in [1.29, 1.82) is 0 Å². The van der Waals surface area contributed by atoms with Gasteiger partial charge in [0.25, 0.3) is 0 Å². The molecule has 0 spiro atoms. The van der Waals surface area contributed by atoms with E-state index in [4.69, 9.17) is 4.74 Å². The Balaban J connectivity index is 0.000000659. The fourth-order valence-electron chi connectivity index (χ4n) is 1.83. The molecule has 1 aliphatic rings. The SMILES string of the molecule is CC.CC.Cc1cccc(CN2CCOCC2)c1. The first kappa shape index (κ1) is 17.1. The van der Waals surface area contributed by atoms with Crippen molar-refractivity contribution in [3.63, 3.8) is 0 Å². The Morgan fingerprint density at radius 2 is 1.67 bits per heavy atom. The first-order valence-electron chi connectivity index (χ1n) is 7.20. The van der Waals surface area contributed by atoms with Crippen molar-refractivity contribution in [3.05, 3.63) is 35.4 Å². The van der Waals surface area contributed by atoms with Crippen molar-refractivity contribution in [2.75, 3.05) is 26.3 Å². The van der Waals surface area contributed by atoms with Crippen LogP contribution in [0.2, 0.25) is 0 Å². The lowest BCUT2D eigenvalue weighted by atomic mass is 10.1. The van der Waals surface area contributed by atoms with Crippen molar-refractivity contribution in [2.24, 2.45) is 0 Å². The maximum absolute atomic E-state index is 5.32. The third kappa shape index (κ3) is 6.77. The Labute approximate surface area is 113 Å². The molecule has 104 valence electrons. The molecule has 0 aromatic heterocycles. The lowest BCUT2D eigenvalue weighted by Crippen LogP contribution is -2.35. The van der Waals surface area contributed by atoms with Crippen LogP contribution in [0.4, 0.5) is 0 Å². The number of aryl methyl sites for hydroxylation is 1. The zero-order valence-electron chi connectivity index (χ0n) is 12.7. The molecule has 0 bridgehead atoms. The summed E-state index contributed by atoms with van der Waals surface area (Å²) in [4.78, 5) is 2.44. The Morgan fingerprint density at radius 3 is 2.22 bits per heavy atom. The molecule has 0 saturated carbocycles. The molecule has 1 aromatic carbocycles. The predicted octanol–water partition coefficient (Wildman–Crippen LogP) is 3.88. The van der Waals surface area contributed by atoms with Crippen LogP contribution < -0.4 is 0 Å². The van der Waals surface area contributed by atoms with Gasteiger partial charge in [0.1, 0.15) is 0 Å². The number of hydrogen-bond acceptors (Lipinski definition) is 2. The predicted molar refractivity (Wildman–Crippen MR) is 80.0 cm³/mol. The highest BCUT2D eigenvalue weighted by atomic mass is 16.5. The largest absolute Gasteiger partial charge is 0.379 e. The molecule has 0 aliphatic carbocycles. The van der Waals surface area contributed by atoms with Gasteiger partial charge in [0.05, 0.1) is 13.2 Å². The number of ether oxygens (including phenoxy) is 1. The monoisotopic (exact) mass is 251 g/mol. The van der Waals surface area contributed by atoms with Gasteiger partial charge in [0.2, 0.25) is 0 Å². The molecular weight excluding hydrogens is 222 g/mol. The van der Waals surface area contributed by atoms with Gasteiger partial charge in [-0.25, -0.2) is 0 Å². The standard InChI is InChI=1S/C12H17NO.2C2H6/c1-11-3-2-4-12(9-11)10-13-5-7-14-8-6-13;2*1-2/h2-4,9H,5-8,10H2,1H3;2*1-2H3. The summed E-state index contributed by atoms with van der Waals surface area (Å²) in [6, 6.07) is 8.73. The third-order valence-electron chi connectivity index (χ3n) is 2.59. The van der Waals surface area contributed by atoms with Crippen LogP contribution in [0.5, 0.6) is 0 Å². The molecule has 2 rings (SSSR count). The van der Waals surface area contributed by atoms with Crippen molar-refractivity contribution < 1.29 is 4.74 Å². The average Bonchev–Trinajstić information content (AvgIpc) is 2.44. The number of hydrogen-bond donors (Lipinski definition) is 0. The first-order valence-corrected chi connectivity index (χ1v) is 7.20. The van der Waals surface area contributed by atoms with Gasteiger partial charge in [0, 0.05) is 19.6 Å². The van der Waals surface area contributed by atoms with Gasteiger partial charge >= 0.3 is 0 Å². The Morgan fingerprint density at radius 1 is 1.06 bits per heavy atom. The highest BCUT2D eigenvalue weighted by Crippen LogP contribution is 2.08. The van der Waals surface area contributed by atoms with Crippen molar-refractivity contribution >= 4 is 0 Å². The van der Waals surface area contributed by atoms with E-state index in [0.717, 1.165) is 32.8 Å². The van der Waals surface area contributed by atoms with E-state index in [9.17, 15) is 0 Å². The second-order valence-electron chi connectivity index (χ2n) is 3.88. The van der Waals surface area contributed by atoms with Gasteiger partial charge in [-0.2, -0.15) is 0 Å². The van der Waals surface area contributed by atoms with E-state index in [1.165, 1.54) is 11.1 Å². The molecule has 1 fully saturated rings. The molecule has 0 atom stereocenters. The lowest BCUT2D eigenvalue weighted by Gasteiger charge is -2.26.